The van der Waals surface area contributed by atoms with Gasteiger partial charge in [0.25, 0.3) is 0 Å². The number of carbonyl (C=O) groups is 2. The summed E-state index contributed by atoms with van der Waals surface area (Å²) in [6.45, 7) is 10.1. The van der Waals surface area contributed by atoms with Gasteiger partial charge in [0.1, 0.15) is 24.1 Å². The highest BCUT2D eigenvalue weighted by Crippen LogP contribution is 2.51. The molecular weight excluding hydrogens is 580 g/mol. The average molecular weight is 628 g/mol. The fraction of sp³-hybridized carbons (Fsp3) is 0.923. The van der Waals surface area contributed by atoms with Crippen molar-refractivity contribution in [1.29, 1.82) is 0 Å². The summed E-state index contributed by atoms with van der Waals surface area (Å²) >= 11 is 0. The van der Waals surface area contributed by atoms with Crippen molar-refractivity contribution in [2.75, 3.05) is 33.1 Å². The van der Waals surface area contributed by atoms with Crippen molar-refractivity contribution in [3.63, 3.8) is 0 Å². The third-order valence-corrected chi connectivity index (χ3v) is 9.82. The second-order valence-corrected chi connectivity index (χ2v) is 15.3. The smallest absolute Gasteiger partial charge is 0.328 e. The van der Waals surface area contributed by atoms with Crippen LogP contribution in [-0.2, 0) is 55.8 Å². The maximum absolute atomic E-state index is 13.3. The summed E-state index contributed by atoms with van der Waals surface area (Å²) in [5.74, 6) is -0.496. The Kier molecular flexibility index (Phi) is 13.0. The molecule has 2 N–H and O–H groups in total. The summed E-state index contributed by atoms with van der Waals surface area (Å²) in [6, 6.07) is 0. The van der Waals surface area contributed by atoms with Crippen LogP contribution in [0.3, 0.4) is 0 Å². The maximum atomic E-state index is 13.3. The van der Waals surface area contributed by atoms with Gasteiger partial charge in [-0.15, -0.1) is 0 Å². The molecule has 3 rings (SSSR count). The summed E-state index contributed by atoms with van der Waals surface area (Å²) in [4.78, 5) is 23.7. The van der Waals surface area contributed by atoms with E-state index in [1.165, 1.54) is 13.3 Å². The fourth-order valence-electron chi connectivity index (χ4n) is 5.22. The lowest BCUT2D eigenvalue weighted by molar-refractivity contribution is -0.153. The van der Waals surface area contributed by atoms with E-state index in [1.807, 2.05) is 20.8 Å². The van der Waals surface area contributed by atoms with Crippen molar-refractivity contribution in [2.24, 2.45) is 5.73 Å². The van der Waals surface area contributed by atoms with Gasteiger partial charge in [-0.3, -0.25) is 18.7 Å². The molecule has 3 saturated heterocycles. The molecule has 0 saturated carbocycles. The molecule has 0 bridgehead atoms. The molecule has 0 spiro atoms. The minimum absolute atomic E-state index is 0.000720. The van der Waals surface area contributed by atoms with Crippen LogP contribution in [0, 0.1) is 0 Å². The molecule has 0 aliphatic carbocycles. The van der Waals surface area contributed by atoms with Crippen molar-refractivity contribution >= 4 is 26.9 Å². The second kappa shape index (κ2) is 15.3. The van der Waals surface area contributed by atoms with E-state index in [1.54, 1.807) is 6.92 Å². The van der Waals surface area contributed by atoms with Gasteiger partial charge in [0, 0.05) is 52.0 Å². The van der Waals surface area contributed by atoms with Gasteiger partial charge < -0.3 is 42.8 Å². The molecule has 0 aromatic carbocycles. The average Bonchev–Trinajstić information content (AvgIpc) is 3.54. The molecule has 13 nitrogen and oxygen atoms in total. The van der Waals surface area contributed by atoms with Crippen LogP contribution in [0.25, 0.3) is 0 Å². The molecule has 0 radical (unpaired) electrons. The normalized spacial score (nSPS) is 36.6. The van der Waals surface area contributed by atoms with Crippen molar-refractivity contribution in [1.82, 2.24) is 0 Å². The molecule has 15 heteroatoms. The van der Waals surface area contributed by atoms with E-state index in [-0.39, 0.29) is 62.8 Å². The number of Topliss-reactive ketones (excluding diaryl/α,β-unsaturated/α-hetero) is 1. The molecule has 3 aliphatic rings. The van der Waals surface area contributed by atoms with E-state index in [2.05, 4.69) is 0 Å². The first kappa shape index (κ1) is 34.8. The molecule has 11 atom stereocenters. The molecular formula is C26H47NO12P2. The van der Waals surface area contributed by atoms with Crippen LogP contribution in [0.2, 0.25) is 0 Å². The van der Waals surface area contributed by atoms with Gasteiger partial charge in [-0.2, -0.15) is 0 Å². The van der Waals surface area contributed by atoms with Gasteiger partial charge in [-0.25, -0.2) is 0 Å². The summed E-state index contributed by atoms with van der Waals surface area (Å²) < 4.78 is 72.2. The van der Waals surface area contributed by atoms with Gasteiger partial charge in [0.2, 0.25) is 0 Å². The van der Waals surface area contributed by atoms with E-state index >= 15 is 0 Å². The topological polar surface area (TPSA) is 168 Å². The Morgan fingerprint density at radius 1 is 0.756 bits per heavy atom. The maximum Gasteiger partial charge on any atom is 0.328 e. The van der Waals surface area contributed by atoms with Crippen molar-refractivity contribution in [3.05, 3.63) is 0 Å². The Hall–Kier alpha value is -0.720. The quantitative estimate of drug-likeness (QED) is 0.195. The van der Waals surface area contributed by atoms with Crippen molar-refractivity contribution in [2.45, 2.75) is 121 Å². The van der Waals surface area contributed by atoms with Crippen LogP contribution in [0.1, 0.15) is 66.2 Å². The van der Waals surface area contributed by atoms with Gasteiger partial charge in [-0.1, -0.05) is 6.92 Å². The van der Waals surface area contributed by atoms with Gasteiger partial charge in [-0.05, 0) is 20.8 Å². The summed E-state index contributed by atoms with van der Waals surface area (Å²) in [6.07, 6.45) is -1.80. The molecule has 41 heavy (non-hydrogen) atoms. The highest BCUT2D eigenvalue weighted by atomic mass is 31.2. The summed E-state index contributed by atoms with van der Waals surface area (Å²) in [5.41, 5.74) is 5.75. The highest BCUT2D eigenvalue weighted by Gasteiger charge is 2.42. The van der Waals surface area contributed by atoms with E-state index in [9.17, 15) is 18.7 Å². The lowest BCUT2D eigenvalue weighted by Gasteiger charge is -2.26. The highest BCUT2D eigenvalue weighted by molar-refractivity contribution is 7.53. The molecule has 0 amide bonds. The van der Waals surface area contributed by atoms with Crippen molar-refractivity contribution < 1.29 is 55.8 Å². The first-order valence-electron chi connectivity index (χ1n) is 14.4. The molecule has 0 aromatic heterocycles. The van der Waals surface area contributed by atoms with Crippen LogP contribution >= 0.6 is 15.2 Å². The summed E-state index contributed by atoms with van der Waals surface area (Å²) in [5, 5.41) is 0. The zero-order chi connectivity index (χ0) is 30.4. The number of ketones is 1. The van der Waals surface area contributed by atoms with E-state index in [0.717, 1.165) is 0 Å². The Balaban J connectivity index is 1.49. The minimum atomic E-state index is -3.61. The predicted molar refractivity (Wildman–Crippen MR) is 149 cm³/mol. The zero-order valence-electron chi connectivity index (χ0n) is 24.9. The van der Waals surface area contributed by atoms with Gasteiger partial charge >= 0.3 is 21.2 Å². The van der Waals surface area contributed by atoms with E-state index < -0.39 is 51.7 Å². The van der Waals surface area contributed by atoms with Crippen LogP contribution in [0.15, 0.2) is 0 Å². The number of esters is 1. The third kappa shape index (κ3) is 11.1. The minimum Gasteiger partial charge on any atom is -0.459 e. The lowest BCUT2D eigenvalue weighted by Crippen LogP contribution is -2.33. The van der Waals surface area contributed by atoms with Gasteiger partial charge in [0.15, 0.2) is 0 Å². The molecule has 3 heterocycles. The number of carbonyl (C=O) groups excluding carboxylic acids is 2. The van der Waals surface area contributed by atoms with Crippen molar-refractivity contribution in [3.8, 4) is 0 Å². The predicted octanol–water partition coefficient (Wildman–Crippen LogP) is 3.60. The molecule has 238 valence electrons. The molecule has 3 aliphatic heterocycles. The Morgan fingerprint density at radius 3 is 1.68 bits per heavy atom. The molecule has 3 fully saturated rings. The van der Waals surface area contributed by atoms with Crippen LogP contribution in [0.4, 0.5) is 0 Å². The molecule has 5 unspecified atom stereocenters. The Bertz CT molecular complexity index is 982. The summed E-state index contributed by atoms with van der Waals surface area (Å²) in [7, 11) is -7.09. The number of hydrogen-bond acceptors (Lipinski definition) is 13. The number of ether oxygens (including phenoxy) is 4. The van der Waals surface area contributed by atoms with Gasteiger partial charge in [0.05, 0.1) is 56.3 Å². The standard InChI is InChI=1S/C26H47NO12P2/c1-7-19(28)8-9-26(29)37-20-10-16(2)35-24(20)14-32-41(6,31)39-22-12-18(4)36-25(22)15-33-40(5,30)38-21-11-17(3)34-23(21)13-27/h16-18,20-25H,7-15,27H2,1-6H3/t16-,17-,18-,20?,21?,22?,23+,24+,25+,40?,41?/m0/s1. The largest absolute Gasteiger partial charge is 0.459 e. The number of rotatable bonds is 16. The first-order valence-corrected chi connectivity index (χ1v) is 18.4. The van der Waals surface area contributed by atoms with Crippen LogP contribution in [0.5, 0.6) is 0 Å². The number of nitrogens with two attached hydrogens (primary N) is 1. The lowest BCUT2D eigenvalue weighted by atomic mass is 10.1. The number of hydrogen-bond donors (Lipinski definition) is 1. The third-order valence-electron chi connectivity index (χ3n) is 7.28. The Morgan fingerprint density at radius 2 is 1.20 bits per heavy atom. The fourth-order valence-corrected chi connectivity index (χ4v) is 7.61. The van der Waals surface area contributed by atoms with Crippen LogP contribution < -0.4 is 5.73 Å². The molecule has 0 aromatic rings. The van der Waals surface area contributed by atoms with Crippen LogP contribution in [-0.4, -0.2) is 99.8 Å². The zero-order valence-corrected chi connectivity index (χ0v) is 26.7. The Labute approximate surface area is 242 Å². The SMILES string of the molecule is CCC(=O)CCC(=O)OC1C[C@H](C)O[C@@H]1COP(C)(=O)OC1C[C@H](C)O[C@@H]1COP(C)(=O)OC1C[C@H](C)O[C@@H]1CN. The van der Waals surface area contributed by atoms with E-state index in [4.69, 9.17) is 42.8 Å². The monoisotopic (exact) mass is 627 g/mol. The van der Waals surface area contributed by atoms with E-state index in [0.29, 0.717) is 25.7 Å². The second-order valence-electron chi connectivity index (χ2n) is 11.2. The first-order chi connectivity index (χ1) is 19.2.